The molecule has 18 heavy (non-hydrogen) atoms. The maximum absolute atomic E-state index is 11.7. The van der Waals surface area contributed by atoms with Crippen LogP contribution in [0, 0.1) is 6.92 Å². The molecule has 0 aliphatic rings. The van der Waals surface area contributed by atoms with Crippen molar-refractivity contribution in [3.63, 3.8) is 0 Å². The molecule has 1 rings (SSSR count). The maximum Gasteiger partial charge on any atom is 0.316 e. The fourth-order valence-corrected chi connectivity index (χ4v) is 3.67. The first-order chi connectivity index (χ1) is 8.33. The normalized spacial score (nSPS) is 13.4. The van der Waals surface area contributed by atoms with Gasteiger partial charge in [0.15, 0.2) is 0 Å². The lowest BCUT2D eigenvalue weighted by molar-refractivity contribution is -0.151. The summed E-state index contributed by atoms with van der Waals surface area (Å²) < 4.78 is 5.28. The molecule has 1 aromatic rings. The van der Waals surface area contributed by atoms with Crippen LogP contribution in [0.5, 0.6) is 0 Å². The van der Waals surface area contributed by atoms with Gasteiger partial charge in [0.1, 0.15) is 5.60 Å². The van der Waals surface area contributed by atoms with Crippen LogP contribution in [0.4, 0.5) is 0 Å². The number of rotatable bonds is 5. The molecule has 1 atom stereocenters. The summed E-state index contributed by atoms with van der Waals surface area (Å²) in [5.41, 5.74) is 6.60. The third kappa shape index (κ3) is 5.00. The average molecular weight is 287 g/mol. The summed E-state index contributed by atoms with van der Waals surface area (Å²) in [6.45, 7) is 8.23. The first-order valence-electron chi connectivity index (χ1n) is 5.91. The second kappa shape index (κ2) is 6.59. The molecular formula is C13H21NO2S2. The highest BCUT2D eigenvalue weighted by molar-refractivity contribution is 8.00. The van der Waals surface area contributed by atoms with Crippen LogP contribution in [-0.2, 0) is 9.53 Å². The Morgan fingerprint density at radius 3 is 2.67 bits per heavy atom. The minimum Gasteiger partial charge on any atom is -0.459 e. The highest BCUT2D eigenvalue weighted by atomic mass is 32.2. The van der Waals surface area contributed by atoms with Crippen molar-refractivity contribution in [1.82, 2.24) is 0 Å². The van der Waals surface area contributed by atoms with Gasteiger partial charge in [-0.1, -0.05) is 0 Å². The van der Waals surface area contributed by atoms with Crippen LogP contribution in [0.1, 0.15) is 36.5 Å². The van der Waals surface area contributed by atoms with Crippen LogP contribution in [0.2, 0.25) is 0 Å². The molecule has 0 aliphatic carbocycles. The molecule has 0 fully saturated rings. The number of aryl methyl sites for hydroxylation is 1. The van der Waals surface area contributed by atoms with Crippen LogP contribution < -0.4 is 5.73 Å². The van der Waals surface area contributed by atoms with Gasteiger partial charge in [-0.05, 0) is 44.7 Å². The molecule has 5 heteroatoms. The number of thiophene rings is 1. The Kier molecular flexibility index (Phi) is 5.69. The second-order valence-electron chi connectivity index (χ2n) is 5.09. The molecule has 0 aliphatic heterocycles. The monoisotopic (exact) mass is 287 g/mol. The summed E-state index contributed by atoms with van der Waals surface area (Å²) in [5, 5.41) is 2.24. The molecule has 0 saturated carbocycles. The molecular weight excluding hydrogens is 266 g/mol. The Labute approximate surface area is 117 Å². The summed E-state index contributed by atoms with van der Waals surface area (Å²) in [4.78, 5) is 12.9. The predicted octanol–water partition coefficient (Wildman–Crippen LogP) is 3.13. The Morgan fingerprint density at radius 2 is 2.22 bits per heavy atom. The van der Waals surface area contributed by atoms with E-state index in [0.717, 1.165) is 0 Å². The van der Waals surface area contributed by atoms with Crippen LogP contribution in [0.15, 0.2) is 11.4 Å². The number of ether oxygens (including phenoxy) is 1. The van der Waals surface area contributed by atoms with Gasteiger partial charge in [-0.2, -0.15) is 0 Å². The van der Waals surface area contributed by atoms with Crippen LogP contribution >= 0.6 is 23.1 Å². The average Bonchev–Trinajstić information content (AvgIpc) is 2.63. The number of carbonyl (C=O) groups excluding carboxylic acids is 1. The van der Waals surface area contributed by atoms with Crippen molar-refractivity contribution in [3.05, 3.63) is 21.9 Å². The molecule has 0 bridgehead atoms. The maximum atomic E-state index is 11.7. The fraction of sp³-hybridized carbons (Fsp3) is 0.615. The van der Waals surface area contributed by atoms with Crippen molar-refractivity contribution in [2.24, 2.45) is 5.73 Å². The zero-order valence-corrected chi connectivity index (χ0v) is 13.0. The molecule has 1 heterocycles. The van der Waals surface area contributed by atoms with Crippen molar-refractivity contribution in [1.29, 1.82) is 0 Å². The third-order valence-corrected chi connectivity index (χ3v) is 4.75. The van der Waals surface area contributed by atoms with Gasteiger partial charge >= 0.3 is 5.97 Å². The van der Waals surface area contributed by atoms with E-state index in [4.69, 9.17) is 10.5 Å². The number of hydrogen-bond donors (Lipinski definition) is 1. The lowest BCUT2D eigenvalue weighted by Gasteiger charge is -2.20. The van der Waals surface area contributed by atoms with Crippen LogP contribution in [-0.4, -0.2) is 23.9 Å². The molecule has 1 unspecified atom stereocenters. The largest absolute Gasteiger partial charge is 0.459 e. The quantitative estimate of drug-likeness (QED) is 0.845. The number of hydrogen-bond acceptors (Lipinski definition) is 5. The Hall–Kier alpha value is -0.520. The number of carbonyl (C=O) groups is 1. The summed E-state index contributed by atoms with van der Waals surface area (Å²) in [6.07, 6.45) is 0. The van der Waals surface area contributed by atoms with Gasteiger partial charge < -0.3 is 10.5 Å². The SMILES string of the molecule is Cc1ccsc1C(CN)SCC(=O)OC(C)(C)C. The van der Waals surface area contributed by atoms with Crippen molar-refractivity contribution in [2.45, 2.75) is 38.5 Å². The van der Waals surface area contributed by atoms with Gasteiger partial charge in [0, 0.05) is 11.4 Å². The van der Waals surface area contributed by atoms with Gasteiger partial charge in [-0.3, -0.25) is 4.79 Å². The van der Waals surface area contributed by atoms with E-state index in [9.17, 15) is 4.79 Å². The minimum absolute atomic E-state index is 0.178. The third-order valence-electron chi connectivity index (χ3n) is 2.23. The zero-order chi connectivity index (χ0) is 13.8. The summed E-state index contributed by atoms with van der Waals surface area (Å²) >= 11 is 3.25. The lowest BCUT2D eigenvalue weighted by atomic mass is 10.2. The van der Waals surface area contributed by atoms with E-state index in [0.29, 0.717) is 12.3 Å². The Balaban J connectivity index is 2.51. The topological polar surface area (TPSA) is 52.3 Å². The van der Waals surface area contributed by atoms with E-state index in [-0.39, 0.29) is 11.2 Å². The fourth-order valence-electron chi connectivity index (χ4n) is 1.50. The van der Waals surface area contributed by atoms with Crippen molar-refractivity contribution < 1.29 is 9.53 Å². The van der Waals surface area contributed by atoms with Crippen molar-refractivity contribution in [2.75, 3.05) is 12.3 Å². The van der Waals surface area contributed by atoms with Gasteiger partial charge in [-0.25, -0.2) is 0 Å². The van der Waals surface area contributed by atoms with Crippen molar-refractivity contribution in [3.8, 4) is 0 Å². The first kappa shape index (κ1) is 15.5. The van der Waals surface area contributed by atoms with E-state index in [1.54, 1.807) is 23.1 Å². The molecule has 0 spiro atoms. The van der Waals surface area contributed by atoms with Crippen molar-refractivity contribution >= 4 is 29.1 Å². The second-order valence-corrected chi connectivity index (χ2v) is 7.23. The first-order valence-corrected chi connectivity index (χ1v) is 7.84. The summed E-state index contributed by atoms with van der Waals surface area (Å²) in [5.74, 6) is 0.163. The van der Waals surface area contributed by atoms with Gasteiger partial charge in [0.2, 0.25) is 0 Å². The van der Waals surface area contributed by atoms with E-state index in [1.165, 1.54) is 10.4 Å². The summed E-state index contributed by atoms with van der Waals surface area (Å²) in [6, 6.07) is 2.08. The summed E-state index contributed by atoms with van der Waals surface area (Å²) in [7, 11) is 0. The number of esters is 1. The number of thioether (sulfide) groups is 1. The molecule has 0 aromatic carbocycles. The predicted molar refractivity (Wildman–Crippen MR) is 79.2 cm³/mol. The molecule has 0 saturated heterocycles. The Morgan fingerprint density at radius 1 is 1.56 bits per heavy atom. The number of nitrogens with two attached hydrogens (primary N) is 1. The molecule has 0 amide bonds. The molecule has 1 aromatic heterocycles. The smallest absolute Gasteiger partial charge is 0.316 e. The van der Waals surface area contributed by atoms with Gasteiger partial charge in [-0.15, -0.1) is 23.1 Å². The molecule has 3 nitrogen and oxygen atoms in total. The van der Waals surface area contributed by atoms with E-state index in [2.05, 4.69) is 18.4 Å². The van der Waals surface area contributed by atoms with Gasteiger partial charge in [0.05, 0.1) is 11.0 Å². The molecule has 2 N–H and O–H groups in total. The lowest BCUT2D eigenvalue weighted by Crippen LogP contribution is -2.25. The van der Waals surface area contributed by atoms with E-state index < -0.39 is 5.60 Å². The van der Waals surface area contributed by atoms with E-state index >= 15 is 0 Å². The molecule has 0 radical (unpaired) electrons. The molecule has 102 valence electrons. The highest BCUT2D eigenvalue weighted by Crippen LogP contribution is 2.33. The Bertz CT molecular complexity index is 396. The van der Waals surface area contributed by atoms with Crippen LogP contribution in [0.3, 0.4) is 0 Å². The zero-order valence-electron chi connectivity index (χ0n) is 11.4. The minimum atomic E-state index is -0.422. The van der Waals surface area contributed by atoms with Crippen LogP contribution in [0.25, 0.3) is 0 Å². The van der Waals surface area contributed by atoms with Gasteiger partial charge in [0.25, 0.3) is 0 Å². The van der Waals surface area contributed by atoms with E-state index in [1.807, 2.05) is 20.8 Å². The standard InChI is InChI=1S/C13H21NO2S2/c1-9-5-6-17-12(9)10(7-14)18-8-11(15)16-13(2,3)4/h5-6,10H,7-8,14H2,1-4H3. The highest BCUT2D eigenvalue weighted by Gasteiger charge is 2.20.